The lowest BCUT2D eigenvalue weighted by Crippen LogP contribution is -1.78. The van der Waals surface area contributed by atoms with Crippen molar-refractivity contribution in [3.8, 4) is 11.5 Å². The summed E-state index contributed by atoms with van der Waals surface area (Å²) in [4.78, 5) is 11.2. The normalized spacial score (nSPS) is 11.4. The molecule has 3 nitrogen and oxygen atoms in total. The van der Waals surface area contributed by atoms with Crippen LogP contribution in [0.2, 0.25) is 5.02 Å². The van der Waals surface area contributed by atoms with Crippen molar-refractivity contribution in [1.29, 1.82) is 0 Å². The fraction of sp³-hybridized carbons (Fsp3) is 0. The zero-order valence-electron chi connectivity index (χ0n) is 9.94. The fourth-order valence-electron chi connectivity index (χ4n) is 2.31. The molecule has 0 aliphatic rings. The molecular weight excluding hydrogens is 258 g/mol. The molecule has 2 aromatic carbocycles. The summed E-state index contributed by atoms with van der Waals surface area (Å²) in [6, 6.07) is 15.9. The number of halogens is 1. The molecule has 0 radical (unpaired) electrons. The maximum absolute atomic E-state index is 5.98. The molecular formula is C15H10ClN3. The van der Waals surface area contributed by atoms with E-state index < -0.39 is 0 Å². The van der Waals surface area contributed by atoms with Gasteiger partial charge in [-0.15, -0.1) is 0 Å². The molecule has 2 aromatic heterocycles. The Morgan fingerprint density at radius 2 is 1.79 bits per heavy atom. The molecule has 0 aliphatic heterocycles. The highest BCUT2D eigenvalue weighted by atomic mass is 35.5. The first-order chi connectivity index (χ1) is 9.29. The Kier molecular flexibility index (Phi) is 2.17. The molecule has 0 saturated heterocycles. The van der Waals surface area contributed by atoms with Crippen molar-refractivity contribution in [3.05, 3.63) is 53.6 Å². The molecule has 0 amide bonds. The third-order valence-electron chi connectivity index (χ3n) is 3.23. The number of aromatic nitrogens is 3. The fourth-order valence-corrected chi connectivity index (χ4v) is 2.48. The van der Waals surface area contributed by atoms with Gasteiger partial charge in [0.1, 0.15) is 0 Å². The van der Waals surface area contributed by atoms with Crippen molar-refractivity contribution in [2.24, 2.45) is 0 Å². The zero-order valence-corrected chi connectivity index (χ0v) is 10.7. The topological polar surface area (TPSA) is 44.5 Å². The SMILES string of the molecule is Clc1ccc2nc(-c3cc4ccccc4[nH]3)[nH]c2c1. The molecule has 19 heavy (non-hydrogen) atoms. The van der Waals surface area contributed by atoms with E-state index in [2.05, 4.69) is 33.2 Å². The molecule has 4 heteroatoms. The zero-order chi connectivity index (χ0) is 12.8. The van der Waals surface area contributed by atoms with Crippen LogP contribution in [0.4, 0.5) is 0 Å². The second-order valence-corrected chi connectivity index (χ2v) is 4.95. The van der Waals surface area contributed by atoms with Gasteiger partial charge in [0.25, 0.3) is 0 Å². The van der Waals surface area contributed by atoms with Crippen molar-refractivity contribution < 1.29 is 0 Å². The summed E-state index contributed by atoms with van der Waals surface area (Å²) in [5.41, 5.74) is 3.95. The molecule has 2 heterocycles. The Hall–Kier alpha value is -2.26. The number of fused-ring (bicyclic) bond motifs is 2. The van der Waals surface area contributed by atoms with Gasteiger partial charge in [-0.05, 0) is 30.3 Å². The Bertz CT molecular complexity index is 856. The number of nitrogens with one attached hydrogen (secondary N) is 2. The van der Waals surface area contributed by atoms with Gasteiger partial charge in [-0.3, -0.25) is 0 Å². The van der Waals surface area contributed by atoms with Gasteiger partial charge < -0.3 is 9.97 Å². The lowest BCUT2D eigenvalue weighted by molar-refractivity contribution is 1.29. The molecule has 0 spiro atoms. The third kappa shape index (κ3) is 1.71. The first-order valence-electron chi connectivity index (χ1n) is 6.03. The smallest absolute Gasteiger partial charge is 0.155 e. The molecule has 92 valence electrons. The first-order valence-corrected chi connectivity index (χ1v) is 6.41. The quantitative estimate of drug-likeness (QED) is 0.529. The highest BCUT2D eigenvalue weighted by Gasteiger charge is 2.08. The van der Waals surface area contributed by atoms with E-state index >= 15 is 0 Å². The van der Waals surface area contributed by atoms with Crippen LogP contribution in [0.5, 0.6) is 0 Å². The number of para-hydroxylation sites is 1. The molecule has 4 aromatic rings. The minimum Gasteiger partial charge on any atom is -0.352 e. The van der Waals surface area contributed by atoms with Gasteiger partial charge in [0.2, 0.25) is 0 Å². The van der Waals surface area contributed by atoms with Crippen LogP contribution >= 0.6 is 11.6 Å². The number of imidazole rings is 1. The highest BCUT2D eigenvalue weighted by Crippen LogP contribution is 2.25. The molecule has 0 saturated carbocycles. The van der Waals surface area contributed by atoms with Gasteiger partial charge >= 0.3 is 0 Å². The summed E-state index contributed by atoms with van der Waals surface area (Å²) in [5.74, 6) is 0.827. The summed E-state index contributed by atoms with van der Waals surface area (Å²) in [6.45, 7) is 0. The summed E-state index contributed by atoms with van der Waals surface area (Å²) >= 11 is 5.98. The van der Waals surface area contributed by atoms with Crippen LogP contribution in [-0.2, 0) is 0 Å². The van der Waals surface area contributed by atoms with Crippen LogP contribution < -0.4 is 0 Å². The Labute approximate surface area is 114 Å². The van der Waals surface area contributed by atoms with E-state index in [9.17, 15) is 0 Å². The van der Waals surface area contributed by atoms with Crippen LogP contribution in [-0.4, -0.2) is 15.0 Å². The largest absolute Gasteiger partial charge is 0.352 e. The summed E-state index contributed by atoms with van der Waals surface area (Å²) in [7, 11) is 0. The standard InChI is InChI=1S/C15H10ClN3/c16-10-5-6-12-13(8-10)19-15(18-12)14-7-9-3-1-2-4-11(9)17-14/h1-8,17H,(H,18,19). The van der Waals surface area contributed by atoms with Crippen LogP contribution in [0.3, 0.4) is 0 Å². The Morgan fingerprint density at radius 3 is 2.68 bits per heavy atom. The number of rotatable bonds is 1. The summed E-state index contributed by atoms with van der Waals surface area (Å²) < 4.78 is 0. The number of hydrogen-bond donors (Lipinski definition) is 2. The average Bonchev–Trinajstić information content (AvgIpc) is 3.00. The molecule has 0 atom stereocenters. The lowest BCUT2D eigenvalue weighted by Gasteiger charge is -1.89. The van der Waals surface area contributed by atoms with E-state index in [0.717, 1.165) is 28.1 Å². The van der Waals surface area contributed by atoms with Crippen molar-refractivity contribution in [2.45, 2.75) is 0 Å². The van der Waals surface area contributed by atoms with Crippen LogP contribution in [0.15, 0.2) is 48.5 Å². The van der Waals surface area contributed by atoms with Crippen LogP contribution in [0, 0.1) is 0 Å². The number of aromatic amines is 2. The minimum atomic E-state index is 0.708. The Balaban J connectivity index is 1.93. The molecule has 2 N–H and O–H groups in total. The molecule has 0 bridgehead atoms. The monoisotopic (exact) mass is 267 g/mol. The average molecular weight is 268 g/mol. The predicted molar refractivity (Wildman–Crippen MR) is 78.4 cm³/mol. The van der Waals surface area contributed by atoms with E-state index in [1.807, 2.05) is 30.3 Å². The van der Waals surface area contributed by atoms with Gasteiger partial charge in [-0.25, -0.2) is 4.98 Å². The van der Waals surface area contributed by atoms with Gasteiger partial charge in [-0.1, -0.05) is 29.8 Å². The summed E-state index contributed by atoms with van der Waals surface area (Å²) in [6.07, 6.45) is 0. The maximum Gasteiger partial charge on any atom is 0.155 e. The van der Waals surface area contributed by atoms with E-state index in [1.165, 1.54) is 5.39 Å². The maximum atomic E-state index is 5.98. The number of nitrogens with zero attached hydrogens (tertiary/aromatic N) is 1. The van der Waals surface area contributed by atoms with Crippen molar-refractivity contribution in [2.75, 3.05) is 0 Å². The molecule has 4 rings (SSSR count). The van der Waals surface area contributed by atoms with E-state index in [4.69, 9.17) is 11.6 Å². The van der Waals surface area contributed by atoms with E-state index in [1.54, 1.807) is 0 Å². The number of H-pyrrole nitrogens is 2. The molecule has 0 unspecified atom stereocenters. The van der Waals surface area contributed by atoms with E-state index in [0.29, 0.717) is 5.02 Å². The lowest BCUT2D eigenvalue weighted by atomic mass is 10.2. The van der Waals surface area contributed by atoms with Gasteiger partial charge in [0.15, 0.2) is 5.82 Å². The second-order valence-electron chi connectivity index (χ2n) is 4.52. The minimum absolute atomic E-state index is 0.708. The van der Waals surface area contributed by atoms with Crippen LogP contribution in [0.25, 0.3) is 33.5 Å². The molecule has 0 aliphatic carbocycles. The van der Waals surface area contributed by atoms with Gasteiger partial charge in [0, 0.05) is 15.9 Å². The highest BCUT2D eigenvalue weighted by molar-refractivity contribution is 6.31. The van der Waals surface area contributed by atoms with Gasteiger partial charge in [-0.2, -0.15) is 0 Å². The number of benzene rings is 2. The third-order valence-corrected chi connectivity index (χ3v) is 3.46. The Morgan fingerprint density at radius 1 is 0.895 bits per heavy atom. The van der Waals surface area contributed by atoms with Crippen molar-refractivity contribution >= 4 is 33.5 Å². The van der Waals surface area contributed by atoms with Crippen molar-refractivity contribution in [3.63, 3.8) is 0 Å². The predicted octanol–water partition coefficient (Wildman–Crippen LogP) is 4.36. The first kappa shape index (κ1) is 10.6. The van der Waals surface area contributed by atoms with Crippen LogP contribution in [0.1, 0.15) is 0 Å². The summed E-state index contributed by atoms with van der Waals surface area (Å²) in [5, 5.41) is 1.88. The number of hydrogen-bond acceptors (Lipinski definition) is 1. The van der Waals surface area contributed by atoms with Crippen molar-refractivity contribution in [1.82, 2.24) is 15.0 Å². The van der Waals surface area contributed by atoms with Gasteiger partial charge in [0.05, 0.1) is 16.7 Å². The molecule has 0 fully saturated rings. The second kappa shape index (κ2) is 3.87. The van der Waals surface area contributed by atoms with E-state index in [-0.39, 0.29) is 0 Å².